The lowest BCUT2D eigenvalue weighted by Gasteiger charge is -2.26. The Balaban J connectivity index is 1.93. The maximum Gasteiger partial charge on any atom is 0.372 e. The number of fused-ring (bicyclic) bond motifs is 1. The van der Waals surface area contributed by atoms with Gasteiger partial charge in [0.1, 0.15) is 0 Å². The molecule has 21 heavy (non-hydrogen) atoms. The summed E-state index contributed by atoms with van der Waals surface area (Å²) >= 11 is 0. The highest BCUT2D eigenvalue weighted by atomic mass is 16.4. The van der Waals surface area contributed by atoms with Gasteiger partial charge in [-0.1, -0.05) is 18.2 Å². The summed E-state index contributed by atoms with van der Waals surface area (Å²) in [7, 11) is 0. The summed E-state index contributed by atoms with van der Waals surface area (Å²) < 4.78 is 4.86. The normalized spacial score (nSPS) is 14.2. The van der Waals surface area contributed by atoms with Crippen LogP contribution < -0.4 is 0 Å². The molecule has 3 rings (SSSR count). The number of carbonyl (C=O) groups excluding carboxylic acids is 2. The maximum absolute atomic E-state index is 12.4. The predicted molar refractivity (Wildman–Crippen MR) is 70.7 cm³/mol. The average Bonchev–Trinajstić information content (AvgIpc) is 2.92. The molecule has 0 saturated carbocycles. The van der Waals surface area contributed by atoms with Gasteiger partial charge in [-0.2, -0.15) is 0 Å². The van der Waals surface area contributed by atoms with Gasteiger partial charge in [0, 0.05) is 11.1 Å². The van der Waals surface area contributed by atoms with Crippen LogP contribution in [0.2, 0.25) is 0 Å². The highest BCUT2D eigenvalue weighted by Crippen LogP contribution is 2.22. The first-order valence-corrected chi connectivity index (χ1v) is 6.30. The summed E-state index contributed by atoms with van der Waals surface area (Å²) in [5, 5.41) is 8.99. The van der Waals surface area contributed by atoms with Crippen molar-refractivity contribution in [3.63, 3.8) is 0 Å². The molecule has 0 unspecified atom stereocenters. The number of carboxylic acids is 1. The molecule has 1 aliphatic heterocycles. The smallest absolute Gasteiger partial charge is 0.372 e. The summed E-state index contributed by atoms with van der Waals surface area (Å²) in [6, 6.07) is 8.34. The van der Waals surface area contributed by atoms with Crippen LogP contribution in [-0.2, 0) is 17.8 Å². The van der Waals surface area contributed by atoms with Crippen LogP contribution in [0.4, 0.5) is 0 Å². The maximum atomic E-state index is 12.4. The lowest BCUT2D eigenvalue weighted by atomic mass is 9.98. The van der Waals surface area contributed by atoms with Gasteiger partial charge in [-0.25, -0.2) is 4.79 Å². The molecule has 2 heterocycles. The zero-order valence-electron chi connectivity index (χ0n) is 10.9. The first-order chi connectivity index (χ1) is 10.1. The van der Waals surface area contributed by atoms with E-state index in [1.54, 1.807) is 24.3 Å². The van der Waals surface area contributed by atoms with E-state index in [-0.39, 0.29) is 24.6 Å². The number of amides is 2. The van der Waals surface area contributed by atoms with Crippen LogP contribution >= 0.6 is 0 Å². The van der Waals surface area contributed by atoms with Gasteiger partial charge in [-0.3, -0.25) is 14.5 Å². The molecule has 2 aromatic rings. The van der Waals surface area contributed by atoms with Crippen molar-refractivity contribution in [1.82, 2.24) is 4.90 Å². The second-order valence-electron chi connectivity index (χ2n) is 4.70. The Labute approximate surface area is 119 Å². The van der Waals surface area contributed by atoms with Gasteiger partial charge in [0.25, 0.3) is 5.91 Å². The molecule has 0 bridgehead atoms. The van der Waals surface area contributed by atoms with Crippen LogP contribution in [0.1, 0.15) is 32.0 Å². The van der Waals surface area contributed by atoms with E-state index < -0.39 is 11.9 Å². The fraction of sp³-hybridized carbons (Fsp3) is 0.133. The Hall–Kier alpha value is -2.89. The quantitative estimate of drug-likeness (QED) is 0.867. The average molecular weight is 285 g/mol. The SMILES string of the molecule is O=C(O)c1occc1CN1C(=O)Cc2ccccc2C1=O. The van der Waals surface area contributed by atoms with Crippen molar-refractivity contribution >= 4 is 17.8 Å². The van der Waals surface area contributed by atoms with Crippen LogP contribution in [0.15, 0.2) is 41.0 Å². The topological polar surface area (TPSA) is 87.8 Å². The number of hydrogen-bond acceptors (Lipinski definition) is 4. The largest absolute Gasteiger partial charge is 0.475 e. The number of carboxylic acid groups (broad SMARTS) is 1. The van der Waals surface area contributed by atoms with Crippen molar-refractivity contribution in [2.45, 2.75) is 13.0 Å². The number of nitrogens with zero attached hydrogens (tertiary/aromatic N) is 1. The van der Waals surface area contributed by atoms with Gasteiger partial charge >= 0.3 is 5.97 Å². The minimum atomic E-state index is -1.23. The van der Waals surface area contributed by atoms with E-state index in [9.17, 15) is 14.4 Å². The van der Waals surface area contributed by atoms with E-state index in [0.717, 1.165) is 4.90 Å². The van der Waals surface area contributed by atoms with Gasteiger partial charge in [-0.15, -0.1) is 0 Å². The van der Waals surface area contributed by atoms with Crippen LogP contribution in [-0.4, -0.2) is 27.8 Å². The van der Waals surface area contributed by atoms with Crippen LogP contribution in [0.25, 0.3) is 0 Å². The van der Waals surface area contributed by atoms with E-state index in [4.69, 9.17) is 9.52 Å². The summed E-state index contributed by atoms with van der Waals surface area (Å²) in [5.41, 5.74) is 1.45. The molecular weight excluding hydrogens is 274 g/mol. The van der Waals surface area contributed by atoms with Crippen molar-refractivity contribution in [3.8, 4) is 0 Å². The third-order valence-electron chi connectivity index (χ3n) is 3.41. The van der Waals surface area contributed by atoms with Gasteiger partial charge in [-0.05, 0) is 17.7 Å². The molecule has 1 aromatic carbocycles. The van der Waals surface area contributed by atoms with Gasteiger partial charge in [0.2, 0.25) is 11.7 Å². The van der Waals surface area contributed by atoms with E-state index in [1.165, 1.54) is 12.3 Å². The first-order valence-electron chi connectivity index (χ1n) is 6.30. The molecule has 6 heteroatoms. The standard InChI is InChI=1S/C15H11NO5/c17-12-7-9-3-1-2-4-11(9)14(18)16(12)8-10-5-6-21-13(10)15(19)20/h1-6H,7-8H2,(H,19,20). The molecule has 106 valence electrons. The number of benzene rings is 1. The monoisotopic (exact) mass is 285 g/mol. The molecule has 0 aliphatic carbocycles. The number of rotatable bonds is 3. The number of carbonyl (C=O) groups is 3. The third-order valence-corrected chi connectivity index (χ3v) is 3.41. The Kier molecular flexibility index (Phi) is 3.06. The van der Waals surface area contributed by atoms with Gasteiger partial charge < -0.3 is 9.52 Å². The van der Waals surface area contributed by atoms with Gasteiger partial charge in [0.15, 0.2) is 0 Å². The zero-order chi connectivity index (χ0) is 15.0. The number of hydrogen-bond donors (Lipinski definition) is 1. The summed E-state index contributed by atoms with van der Waals surface area (Å²) in [5.74, 6) is -2.25. The molecule has 2 amide bonds. The van der Waals surface area contributed by atoms with Crippen LogP contribution in [0.5, 0.6) is 0 Å². The van der Waals surface area contributed by atoms with Crippen LogP contribution in [0, 0.1) is 0 Å². The Morgan fingerprint density at radius 3 is 2.76 bits per heavy atom. The lowest BCUT2D eigenvalue weighted by molar-refractivity contribution is -0.128. The first kappa shape index (κ1) is 13.1. The molecule has 0 atom stereocenters. The van der Waals surface area contributed by atoms with E-state index in [2.05, 4.69) is 0 Å². The van der Waals surface area contributed by atoms with E-state index >= 15 is 0 Å². The second kappa shape index (κ2) is 4.90. The molecule has 1 aromatic heterocycles. The third kappa shape index (κ3) is 2.20. The molecule has 1 aliphatic rings. The highest BCUT2D eigenvalue weighted by molar-refractivity contribution is 6.09. The van der Waals surface area contributed by atoms with Crippen LogP contribution in [0.3, 0.4) is 0 Å². The zero-order valence-corrected chi connectivity index (χ0v) is 10.9. The number of furan rings is 1. The van der Waals surface area contributed by atoms with Crippen molar-refractivity contribution in [3.05, 3.63) is 59.0 Å². The van der Waals surface area contributed by atoms with Gasteiger partial charge in [0.05, 0.1) is 19.2 Å². The fourth-order valence-electron chi connectivity index (χ4n) is 2.38. The Bertz CT molecular complexity index is 746. The molecule has 0 fully saturated rings. The lowest BCUT2D eigenvalue weighted by Crippen LogP contribution is -2.41. The highest BCUT2D eigenvalue weighted by Gasteiger charge is 2.31. The van der Waals surface area contributed by atoms with Crippen molar-refractivity contribution in [2.24, 2.45) is 0 Å². The predicted octanol–water partition coefficient (Wildman–Crippen LogP) is 1.70. The number of imide groups is 1. The molecular formula is C15H11NO5. The minimum absolute atomic E-state index is 0.107. The van der Waals surface area contributed by atoms with Crippen molar-refractivity contribution in [2.75, 3.05) is 0 Å². The van der Waals surface area contributed by atoms with E-state index in [1.807, 2.05) is 0 Å². The second-order valence-corrected chi connectivity index (χ2v) is 4.70. The summed E-state index contributed by atoms with van der Waals surface area (Å²) in [4.78, 5) is 36.5. The van der Waals surface area contributed by atoms with Crippen molar-refractivity contribution < 1.29 is 23.9 Å². The summed E-state index contributed by atoms with van der Waals surface area (Å²) in [6.45, 7) is -0.107. The fourth-order valence-corrected chi connectivity index (χ4v) is 2.38. The molecule has 1 N–H and O–H groups in total. The minimum Gasteiger partial charge on any atom is -0.475 e. The van der Waals surface area contributed by atoms with Crippen molar-refractivity contribution in [1.29, 1.82) is 0 Å². The molecule has 0 saturated heterocycles. The number of aromatic carboxylic acids is 1. The Morgan fingerprint density at radius 2 is 2.00 bits per heavy atom. The summed E-state index contributed by atoms with van der Waals surface area (Å²) in [6.07, 6.45) is 1.35. The Morgan fingerprint density at radius 1 is 1.24 bits per heavy atom. The molecule has 6 nitrogen and oxygen atoms in total. The van der Waals surface area contributed by atoms with E-state index in [0.29, 0.717) is 16.7 Å². The molecule has 0 spiro atoms. The molecule has 0 radical (unpaired) electrons.